The molecule has 0 radical (unpaired) electrons. The van der Waals surface area contributed by atoms with Gasteiger partial charge in [-0.3, -0.25) is 9.78 Å². The van der Waals surface area contributed by atoms with Crippen molar-refractivity contribution in [3.8, 4) is 0 Å². The van der Waals surface area contributed by atoms with Gasteiger partial charge in [0.2, 0.25) is 0 Å². The summed E-state index contributed by atoms with van der Waals surface area (Å²) in [5.74, 6) is -0.115. The van der Waals surface area contributed by atoms with E-state index in [4.69, 9.17) is 4.74 Å². The standard InChI is InChI=1S/C18H23N3O2/c1-23-13-18(7-10-19-11-8-18)12-21-17(22)16-15-5-3-2-4-14(15)6-9-20-16/h2-6,9,19H,7-8,10-13H2,1H3,(H,21,22). The fourth-order valence-corrected chi connectivity index (χ4v) is 3.29. The second-order valence-electron chi connectivity index (χ2n) is 6.25. The Morgan fingerprint density at radius 2 is 2.09 bits per heavy atom. The lowest BCUT2D eigenvalue weighted by Gasteiger charge is -2.37. The lowest BCUT2D eigenvalue weighted by Crippen LogP contribution is -2.47. The Kier molecular flexibility index (Phi) is 4.88. The predicted molar refractivity (Wildman–Crippen MR) is 90.5 cm³/mol. The van der Waals surface area contributed by atoms with Crippen LogP contribution in [0.4, 0.5) is 0 Å². The van der Waals surface area contributed by atoms with Crippen molar-refractivity contribution >= 4 is 16.7 Å². The van der Waals surface area contributed by atoms with Gasteiger partial charge in [0.1, 0.15) is 5.69 Å². The minimum absolute atomic E-state index is 0.0141. The molecule has 23 heavy (non-hydrogen) atoms. The van der Waals surface area contributed by atoms with Crippen molar-refractivity contribution in [3.63, 3.8) is 0 Å². The van der Waals surface area contributed by atoms with E-state index in [9.17, 15) is 4.79 Å². The number of pyridine rings is 1. The molecule has 2 N–H and O–H groups in total. The van der Waals surface area contributed by atoms with Gasteiger partial charge in [0.15, 0.2) is 0 Å². The van der Waals surface area contributed by atoms with Gasteiger partial charge < -0.3 is 15.4 Å². The number of nitrogens with one attached hydrogen (secondary N) is 2. The number of fused-ring (bicyclic) bond motifs is 1. The monoisotopic (exact) mass is 313 g/mol. The average Bonchev–Trinajstić information content (AvgIpc) is 2.60. The van der Waals surface area contributed by atoms with E-state index in [1.165, 1.54) is 0 Å². The van der Waals surface area contributed by atoms with Crippen molar-refractivity contribution in [1.29, 1.82) is 0 Å². The first kappa shape index (κ1) is 15.9. The molecular formula is C18H23N3O2. The molecule has 5 heteroatoms. The molecule has 0 bridgehead atoms. The Bertz CT molecular complexity index is 670. The molecule has 1 saturated heterocycles. The highest BCUT2D eigenvalue weighted by atomic mass is 16.5. The van der Waals surface area contributed by atoms with Gasteiger partial charge in [-0.2, -0.15) is 0 Å². The van der Waals surface area contributed by atoms with Gasteiger partial charge in [-0.15, -0.1) is 0 Å². The molecule has 0 spiro atoms. The first-order chi connectivity index (χ1) is 11.2. The maximum atomic E-state index is 12.6. The molecule has 1 amide bonds. The van der Waals surface area contributed by atoms with Gasteiger partial charge in [-0.05, 0) is 37.4 Å². The van der Waals surface area contributed by atoms with Crippen LogP contribution >= 0.6 is 0 Å². The molecular weight excluding hydrogens is 290 g/mol. The number of benzene rings is 1. The number of methoxy groups -OCH3 is 1. The zero-order valence-corrected chi connectivity index (χ0v) is 13.5. The van der Waals surface area contributed by atoms with Gasteiger partial charge in [-0.1, -0.05) is 24.3 Å². The second kappa shape index (κ2) is 7.06. The summed E-state index contributed by atoms with van der Waals surface area (Å²) in [6.07, 6.45) is 3.70. The lowest BCUT2D eigenvalue weighted by molar-refractivity contribution is 0.0511. The van der Waals surface area contributed by atoms with Crippen LogP contribution in [0.1, 0.15) is 23.3 Å². The molecule has 1 aromatic carbocycles. The highest BCUT2D eigenvalue weighted by Crippen LogP contribution is 2.28. The molecule has 2 heterocycles. The summed E-state index contributed by atoms with van der Waals surface area (Å²) in [6, 6.07) is 9.75. The molecule has 0 unspecified atom stereocenters. The van der Waals surface area contributed by atoms with E-state index in [0.29, 0.717) is 18.8 Å². The summed E-state index contributed by atoms with van der Waals surface area (Å²) in [6.45, 7) is 3.21. The first-order valence-corrected chi connectivity index (χ1v) is 8.06. The number of carbonyl (C=O) groups excluding carboxylic acids is 1. The summed E-state index contributed by atoms with van der Waals surface area (Å²) < 4.78 is 5.40. The average molecular weight is 313 g/mol. The zero-order valence-electron chi connectivity index (χ0n) is 13.5. The van der Waals surface area contributed by atoms with E-state index < -0.39 is 0 Å². The van der Waals surface area contributed by atoms with Crippen LogP contribution in [0.15, 0.2) is 36.5 Å². The maximum Gasteiger partial charge on any atom is 0.270 e. The number of hydrogen-bond donors (Lipinski definition) is 2. The van der Waals surface area contributed by atoms with E-state index in [1.807, 2.05) is 30.3 Å². The van der Waals surface area contributed by atoms with Crippen LogP contribution in [0.2, 0.25) is 0 Å². The first-order valence-electron chi connectivity index (χ1n) is 8.06. The van der Waals surface area contributed by atoms with E-state index in [-0.39, 0.29) is 11.3 Å². The van der Waals surface area contributed by atoms with Crippen molar-refractivity contribution in [2.24, 2.45) is 5.41 Å². The smallest absolute Gasteiger partial charge is 0.270 e. The van der Waals surface area contributed by atoms with Gasteiger partial charge >= 0.3 is 0 Å². The third-order valence-electron chi connectivity index (χ3n) is 4.63. The second-order valence-corrected chi connectivity index (χ2v) is 6.25. The minimum Gasteiger partial charge on any atom is -0.384 e. The predicted octanol–water partition coefficient (Wildman–Crippen LogP) is 1.98. The van der Waals surface area contributed by atoms with Crippen LogP contribution in [0, 0.1) is 5.41 Å². The Balaban J connectivity index is 1.75. The molecule has 0 aliphatic carbocycles. The fraction of sp³-hybridized carbons (Fsp3) is 0.444. The lowest BCUT2D eigenvalue weighted by atomic mass is 9.79. The van der Waals surface area contributed by atoms with Crippen LogP contribution < -0.4 is 10.6 Å². The molecule has 1 aromatic heterocycles. The third-order valence-corrected chi connectivity index (χ3v) is 4.63. The molecule has 1 aliphatic heterocycles. The summed E-state index contributed by atoms with van der Waals surface area (Å²) in [4.78, 5) is 16.9. The molecule has 3 rings (SSSR count). The Morgan fingerprint density at radius 3 is 2.87 bits per heavy atom. The van der Waals surface area contributed by atoms with Crippen molar-refractivity contribution in [1.82, 2.24) is 15.6 Å². The molecule has 0 atom stereocenters. The topological polar surface area (TPSA) is 63.2 Å². The third kappa shape index (κ3) is 3.51. The number of hydrogen-bond acceptors (Lipinski definition) is 4. The van der Waals surface area contributed by atoms with Crippen LogP contribution in [-0.4, -0.2) is 44.2 Å². The van der Waals surface area contributed by atoms with Gasteiger partial charge in [0.25, 0.3) is 5.91 Å². The van der Waals surface area contributed by atoms with Crippen LogP contribution in [-0.2, 0) is 4.74 Å². The SMILES string of the molecule is COCC1(CNC(=O)c2nccc3ccccc23)CCNCC1. The van der Waals surface area contributed by atoms with Crippen molar-refractivity contribution < 1.29 is 9.53 Å². The highest BCUT2D eigenvalue weighted by molar-refractivity contribution is 6.05. The molecule has 2 aromatic rings. The Hall–Kier alpha value is -1.98. The largest absolute Gasteiger partial charge is 0.384 e. The summed E-state index contributed by atoms with van der Waals surface area (Å²) >= 11 is 0. The molecule has 1 fully saturated rings. The van der Waals surface area contributed by atoms with Crippen molar-refractivity contribution in [2.45, 2.75) is 12.8 Å². The minimum atomic E-state index is -0.115. The van der Waals surface area contributed by atoms with E-state index in [2.05, 4.69) is 15.6 Å². The van der Waals surface area contributed by atoms with E-state index >= 15 is 0 Å². The number of amides is 1. The van der Waals surface area contributed by atoms with Gasteiger partial charge in [0.05, 0.1) is 6.61 Å². The van der Waals surface area contributed by atoms with Crippen LogP contribution in [0.25, 0.3) is 10.8 Å². The zero-order chi connectivity index (χ0) is 16.1. The number of piperidine rings is 1. The molecule has 0 saturated carbocycles. The van der Waals surface area contributed by atoms with Crippen LogP contribution in [0.3, 0.4) is 0 Å². The molecule has 122 valence electrons. The van der Waals surface area contributed by atoms with Gasteiger partial charge in [0, 0.05) is 30.7 Å². The number of ether oxygens (including phenoxy) is 1. The van der Waals surface area contributed by atoms with E-state index in [0.717, 1.165) is 36.7 Å². The summed E-state index contributed by atoms with van der Waals surface area (Å²) in [5.41, 5.74) is 0.505. The molecule has 1 aliphatic rings. The van der Waals surface area contributed by atoms with Gasteiger partial charge in [-0.25, -0.2) is 0 Å². The van der Waals surface area contributed by atoms with Crippen molar-refractivity contribution in [2.75, 3.05) is 33.4 Å². The van der Waals surface area contributed by atoms with Crippen molar-refractivity contribution in [3.05, 3.63) is 42.2 Å². The number of nitrogens with zero attached hydrogens (tertiary/aromatic N) is 1. The molecule has 5 nitrogen and oxygen atoms in total. The summed E-state index contributed by atoms with van der Waals surface area (Å²) in [7, 11) is 1.72. The maximum absolute atomic E-state index is 12.6. The number of carbonyl (C=O) groups is 1. The quantitative estimate of drug-likeness (QED) is 0.886. The normalized spacial score (nSPS) is 17.1. The Labute approximate surface area is 136 Å². The summed E-state index contributed by atoms with van der Waals surface area (Å²) in [5, 5.41) is 8.35. The van der Waals surface area contributed by atoms with E-state index in [1.54, 1.807) is 13.3 Å². The van der Waals surface area contributed by atoms with Crippen LogP contribution in [0.5, 0.6) is 0 Å². The fourth-order valence-electron chi connectivity index (χ4n) is 3.29. The highest BCUT2D eigenvalue weighted by Gasteiger charge is 2.32. The number of rotatable bonds is 5. The Morgan fingerprint density at radius 1 is 1.30 bits per heavy atom. The number of aromatic nitrogens is 1.